The Hall–Kier alpha value is -1.32. The van der Waals surface area contributed by atoms with Crippen LogP contribution in [0, 0.1) is 10.1 Å². The van der Waals surface area contributed by atoms with E-state index in [4.69, 9.17) is 5.73 Å². The maximum Gasteiger partial charge on any atom is 0.270 e. The highest BCUT2D eigenvalue weighted by molar-refractivity contribution is 7.99. The number of non-ortho nitro benzene ring substituents is 1. The first-order valence-electron chi connectivity index (χ1n) is 5.55. The summed E-state index contributed by atoms with van der Waals surface area (Å²) in [6.07, 6.45) is 0. The topological polar surface area (TPSA) is 107 Å². The molecule has 0 aliphatic carbocycles. The average Bonchev–Trinajstić information content (AvgIpc) is 2.39. The normalized spacial score (nSPS) is 17.3. The molecule has 2 N–H and O–H groups in total. The number of nitrogens with zero attached hydrogens (tertiary/aromatic N) is 2. The van der Waals surface area contributed by atoms with Crippen LogP contribution in [0.15, 0.2) is 23.1 Å². The Morgan fingerprint density at radius 3 is 2.53 bits per heavy atom. The smallest absolute Gasteiger partial charge is 0.270 e. The Kier molecular flexibility index (Phi) is 3.97. The van der Waals surface area contributed by atoms with Gasteiger partial charge in [0.1, 0.15) is 4.90 Å². The predicted octanol–water partition coefficient (Wildman–Crippen LogP) is 0.915. The SMILES string of the molecule is Nc1ccc([N+](=O)[O-])cc1S(=O)(=O)N1CCSCC1. The van der Waals surface area contributed by atoms with Gasteiger partial charge in [0.05, 0.1) is 10.6 Å². The third-order valence-corrected chi connectivity index (χ3v) is 5.69. The molecule has 0 atom stereocenters. The van der Waals surface area contributed by atoms with Crippen molar-refractivity contribution >= 4 is 33.2 Å². The number of anilines is 1. The lowest BCUT2D eigenvalue weighted by Crippen LogP contribution is -2.38. The van der Waals surface area contributed by atoms with Gasteiger partial charge in [-0.3, -0.25) is 10.1 Å². The number of thioether (sulfide) groups is 1. The van der Waals surface area contributed by atoms with Crippen LogP contribution >= 0.6 is 11.8 Å². The van der Waals surface area contributed by atoms with Crippen LogP contribution < -0.4 is 5.73 Å². The second-order valence-corrected chi connectivity index (χ2v) is 7.13. The van der Waals surface area contributed by atoms with Crippen LogP contribution in [-0.2, 0) is 10.0 Å². The van der Waals surface area contributed by atoms with Gasteiger partial charge in [-0.2, -0.15) is 16.1 Å². The number of nitrogens with two attached hydrogens (primary N) is 1. The van der Waals surface area contributed by atoms with Gasteiger partial charge in [0.25, 0.3) is 5.69 Å². The Labute approximate surface area is 115 Å². The van der Waals surface area contributed by atoms with Crippen LogP contribution in [0.2, 0.25) is 0 Å². The molecular weight excluding hydrogens is 290 g/mol. The average molecular weight is 303 g/mol. The molecule has 2 rings (SSSR count). The fourth-order valence-corrected chi connectivity index (χ4v) is 4.50. The third-order valence-electron chi connectivity index (χ3n) is 2.80. The first-order chi connectivity index (χ1) is 8.93. The number of hydrogen-bond donors (Lipinski definition) is 1. The number of sulfonamides is 1. The molecule has 0 unspecified atom stereocenters. The van der Waals surface area contributed by atoms with Crippen molar-refractivity contribution in [2.24, 2.45) is 0 Å². The highest BCUT2D eigenvalue weighted by atomic mass is 32.2. The van der Waals surface area contributed by atoms with Crippen molar-refractivity contribution in [1.29, 1.82) is 0 Å². The lowest BCUT2D eigenvalue weighted by Gasteiger charge is -2.26. The van der Waals surface area contributed by atoms with Crippen molar-refractivity contribution < 1.29 is 13.3 Å². The van der Waals surface area contributed by atoms with Gasteiger partial charge in [0.15, 0.2) is 0 Å². The standard InChI is InChI=1S/C10H13N3O4S2/c11-9-2-1-8(13(14)15)7-10(9)19(16,17)12-3-5-18-6-4-12/h1-2,7H,3-6,11H2. The zero-order valence-corrected chi connectivity index (χ0v) is 11.6. The molecule has 0 aromatic heterocycles. The quantitative estimate of drug-likeness (QED) is 0.505. The minimum Gasteiger partial charge on any atom is -0.398 e. The maximum atomic E-state index is 12.4. The molecule has 1 aliphatic heterocycles. The lowest BCUT2D eigenvalue weighted by atomic mass is 10.3. The molecule has 1 saturated heterocycles. The van der Waals surface area contributed by atoms with Crippen LogP contribution in [0.3, 0.4) is 0 Å². The number of hydrogen-bond acceptors (Lipinski definition) is 6. The summed E-state index contributed by atoms with van der Waals surface area (Å²) in [5.41, 5.74) is 5.40. The van der Waals surface area contributed by atoms with Crippen LogP contribution in [0.4, 0.5) is 11.4 Å². The van der Waals surface area contributed by atoms with E-state index in [1.54, 1.807) is 11.8 Å². The molecule has 1 fully saturated rings. The molecule has 0 saturated carbocycles. The fourth-order valence-electron chi connectivity index (χ4n) is 1.79. The van der Waals surface area contributed by atoms with Gasteiger partial charge in [-0.05, 0) is 6.07 Å². The molecule has 0 radical (unpaired) electrons. The van der Waals surface area contributed by atoms with Crippen molar-refractivity contribution in [1.82, 2.24) is 4.31 Å². The Morgan fingerprint density at radius 1 is 1.32 bits per heavy atom. The molecule has 104 valence electrons. The van der Waals surface area contributed by atoms with Crippen LogP contribution in [-0.4, -0.2) is 42.2 Å². The van der Waals surface area contributed by atoms with Gasteiger partial charge in [-0.15, -0.1) is 0 Å². The summed E-state index contributed by atoms with van der Waals surface area (Å²) in [7, 11) is -3.76. The van der Waals surface area contributed by atoms with Gasteiger partial charge in [0.2, 0.25) is 10.0 Å². The largest absolute Gasteiger partial charge is 0.398 e. The number of nitrogen functional groups attached to an aromatic ring is 1. The van der Waals surface area contributed by atoms with E-state index in [1.807, 2.05) is 0 Å². The van der Waals surface area contributed by atoms with Crippen molar-refractivity contribution in [2.45, 2.75) is 4.90 Å². The molecule has 19 heavy (non-hydrogen) atoms. The van der Waals surface area contributed by atoms with Crippen LogP contribution in [0.25, 0.3) is 0 Å². The van der Waals surface area contributed by atoms with Crippen LogP contribution in [0.1, 0.15) is 0 Å². The molecule has 1 aromatic rings. The van der Waals surface area contributed by atoms with E-state index in [2.05, 4.69) is 0 Å². The molecule has 0 bridgehead atoms. The van der Waals surface area contributed by atoms with Gasteiger partial charge < -0.3 is 5.73 Å². The second-order valence-electron chi connectivity index (χ2n) is 4.00. The van der Waals surface area contributed by atoms with E-state index in [0.29, 0.717) is 24.6 Å². The number of nitro benzene ring substituents is 1. The summed E-state index contributed by atoms with van der Waals surface area (Å²) in [6, 6.07) is 3.47. The van der Waals surface area contributed by atoms with Crippen molar-refractivity contribution in [3.63, 3.8) is 0 Å². The van der Waals surface area contributed by atoms with Gasteiger partial charge in [-0.1, -0.05) is 0 Å². The van der Waals surface area contributed by atoms with E-state index in [9.17, 15) is 18.5 Å². The highest BCUT2D eigenvalue weighted by Gasteiger charge is 2.29. The van der Waals surface area contributed by atoms with E-state index < -0.39 is 14.9 Å². The molecular formula is C10H13N3O4S2. The lowest BCUT2D eigenvalue weighted by molar-refractivity contribution is -0.385. The summed E-state index contributed by atoms with van der Waals surface area (Å²) < 4.78 is 26.1. The molecule has 0 amide bonds. The summed E-state index contributed by atoms with van der Waals surface area (Å²) in [5, 5.41) is 10.7. The number of rotatable bonds is 3. The minimum atomic E-state index is -3.76. The predicted molar refractivity (Wildman–Crippen MR) is 73.6 cm³/mol. The summed E-state index contributed by atoms with van der Waals surface area (Å²) in [6.45, 7) is 0.796. The summed E-state index contributed by atoms with van der Waals surface area (Å²) in [4.78, 5) is 9.90. The Balaban J connectivity index is 2.44. The molecule has 9 heteroatoms. The molecule has 1 heterocycles. The van der Waals surface area contributed by atoms with E-state index in [0.717, 1.165) is 6.07 Å². The molecule has 7 nitrogen and oxygen atoms in total. The van der Waals surface area contributed by atoms with E-state index in [1.165, 1.54) is 16.4 Å². The van der Waals surface area contributed by atoms with E-state index >= 15 is 0 Å². The van der Waals surface area contributed by atoms with Crippen molar-refractivity contribution in [3.05, 3.63) is 28.3 Å². The Bertz CT molecular complexity index is 597. The number of benzene rings is 1. The Morgan fingerprint density at radius 2 is 1.95 bits per heavy atom. The van der Waals surface area contributed by atoms with E-state index in [-0.39, 0.29) is 16.3 Å². The van der Waals surface area contributed by atoms with Gasteiger partial charge in [-0.25, -0.2) is 8.42 Å². The fraction of sp³-hybridized carbons (Fsp3) is 0.400. The minimum absolute atomic E-state index is 0.0313. The first-order valence-corrected chi connectivity index (χ1v) is 8.14. The molecule has 0 spiro atoms. The van der Waals surface area contributed by atoms with Crippen molar-refractivity contribution in [3.8, 4) is 0 Å². The zero-order chi connectivity index (χ0) is 14.0. The molecule has 1 aliphatic rings. The molecule has 1 aromatic carbocycles. The van der Waals surface area contributed by atoms with Gasteiger partial charge in [0, 0.05) is 36.7 Å². The van der Waals surface area contributed by atoms with Crippen LogP contribution in [0.5, 0.6) is 0 Å². The third kappa shape index (κ3) is 2.82. The van der Waals surface area contributed by atoms with Gasteiger partial charge >= 0.3 is 0 Å². The maximum absolute atomic E-state index is 12.4. The van der Waals surface area contributed by atoms with Crippen molar-refractivity contribution in [2.75, 3.05) is 30.3 Å². The highest BCUT2D eigenvalue weighted by Crippen LogP contribution is 2.28. The monoisotopic (exact) mass is 303 g/mol. The first kappa shape index (κ1) is 14.1. The second kappa shape index (κ2) is 5.35. The number of nitro groups is 1. The summed E-state index contributed by atoms with van der Waals surface area (Å²) >= 11 is 1.68. The summed E-state index contributed by atoms with van der Waals surface area (Å²) in [5.74, 6) is 1.43. The zero-order valence-electron chi connectivity index (χ0n) is 9.98.